The first kappa shape index (κ1) is 15.4. The van der Waals surface area contributed by atoms with Crippen LogP contribution in [0.5, 0.6) is 0 Å². The lowest BCUT2D eigenvalue weighted by Gasteiger charge is -2.46. The van der Waals surface area contributed by atoms with Crippen LogP contribution in [-0.2, 0) is 0 Å². The topological polar surface area (TPSA) is 28.5 Å². The summed E-state index contributed by atoms with van der Waals surface area (Å²) in [6, 6.07) is 11.6. The SMILES string of the molecule is Cc1ccccc1NC(=S)NC1C[C@H]2CCC[C@H](C1)[NH+]2C1CC1. The summed E-state index contributed by atoms with van der Waals surface area (Å²) >= 11 is 5.57. The summed E-state index contributed by atoms with van der Waals surface area (Å²) in [5, 5.41) is 7.78. The molecule has 2 atom stereocenters. The number of rotatable bonds is 3. The smallest absolute Gasteiger partial charge is 0.171 e. The maximum absolute atomic E-state index is 5.57. The fourth-order valence-corrected chi connectivity index (χ4v) is 5.10. The second-order valence-electron chi connectivity index (χ2n) is 7.68. The van der Waals surface area contributed by atoms with Crippen LogP contribution < -0.4 is 15.5 Å². The molecule has 1 aliphatic carbocycles. The Morgan fingerprint density at radius 2 is 1.74 bits per heavy atom. The van der Waals surface area contributed by atoms with E-state index in [-0.39, 0.29) is 0 Å². The number of hydrogen-bond donors (Lipinski definition) is 3. The molecular formula is C19H28N3S+. The third kappa shape index (κ3) is 3.38. The van der Waals surface area contributed by atoms with Crippen molar-refractivity contribution in [3.8, 4) is 0 Å². The van der Waals surface area contributed by atoms with Crippen LogP contribution in [0.4, 0.5) is 5.69 Å². The van der Waals surface area contributed by atoms with Crippen LogP contribution in [0.3, 0.4) is 0 Å². The van der Waals surface area contributed by atoms with Gasteiger partial charge in [0.1, 0.15) is 0 Å². The van der Waals surface area contributed by atoms with Gasteiger partial charge in [0.2, 0.25) is 0 Å². The van der Waals surface area contributed by atoms with E-state index in [9.17, 15) is 0 Å². The highest BCUT2D eigenvalue weighted by atomic mass is 32.1. The van der Waals surface area contributed by atoms with Gasteiger partial charge in [-0.25, -0.2) is 0 Å². The van der Waals surface area contributed by atoms with E-state index in [1.54, 1.807) is 0 Å². The van der Waals surface area contributed by atoms with E-state index in [4.69, 9.17) is 12.2 Å². The van der Waals surface area contributed by atoms with E-state index >= 15 is 0 Å². The van der Waals surface area contributed by atoms with Gasteiger partial charge < -0.3 is 15.5 Å². The molecule has 4 rings (SSSR count). The lowest BCUT2D eigenvalue weighted by molar-refractivity contribution is -0.971. The molecule has 0 unspecified atom stereocenters. The van der Waals surface area contributed by atoms with Gasteiger partial charge in [-0.3, -0.25) is 0 Å². The van der Waals surface area contributed by atoms with Gasteiger partial charge in [-0.2, -0.15) is 0 Å². The fourth-order valence-electron chi connectivity index (χ4n) is 4.83. The Bertz CT molecular complexity index is 570. The molecule has 3 aliphatic rings. The number of piperidine rings is 2. The van der Waals surface area contributed by atoms with Gasteiger partial charge >= 0.3 is 0 Å². The molecule has 124 valence electrons. The van der Waals surface area contributed by atoms with Crippen LogP contribution in [0, 0.1) is 6.92 Å². The van der Waals surface area contributed by atoms with Crippen LogP contribution in [0.25, 0.3) is 0 Å². The van der Waals surface area contributed by atoms with Crippen LogP contribution in [0.1, 0.15) is 50.5 Å². The van der Waals surface area contributed by atoms with Crippen LogP contribution in [0.15, 0.2) is 24.3 Å². The summed E-state index contributed by atoms with van der Waals surface area (Å²) in [4.78, 5) is 1.95. The van der Waals surface area contributed by atoms with E-state index in [0.29, 0.717) is 6.04 Å². The van der Waals surface area contributed by atoms with Gasteiger partial charge in [0.25, 0.3) is 0 Å². The average Bonchev–Trinajstić information content (AvgIpc) is 3.33. The van der Waals surface area contributed by atoms with Crippen molar-refractivity contribution in [3.63, 3.8) is 0 Å². The predicted molar refractivity (Wildman–Crippen MR) is 99.0 cm³/mol. The number of benzene rings is 1. The molecule has 0 spiro atoms. The molecule has 2 saturated heterocycles. The summed E-state index contributed by atoms with van der Waals surface area (Å²) in [6.07, 6.45) is 9.78. The molecule has 1 aromatic rings. The minimum atomic E-state index is 0.553. The van der Waals surface area contributed by atoms with Gasteiger partial charge in [-0.1, -0.05) is 18.2 Å². The zero-order valence-corrected chi connectivity index (χ0v) is 14.8. The standard InChI is InChI=1S/C19H27N3S/c1-13-5-2-3-8-18(13)21-19(23)20-14-11-16-6-4-7-17(12-14)22(16)15-9-10-15/h2-3,5,8,14-17H,4,6-7,9-12H2,1H3,(H2,20,21,23)/p+1/t16-,17-/m1/s1. The molecule has 23 heavy (non-hydrogen) atoms. The molecule has 1 saturated carbocycles. The second kappa shape index (κ2) is 6.40. The highest BCUT2D eigenvalue weighted by molar-refractivity contribution is 7.80. The number of quaternary nitrogens is 1. The minimum absolute atomic E-state index is 0.553. The van der Waals surface area contributed by atoms with Crippen molar-refractivity contribution in [3.05, 3.63) is 29.8 Å². The van der Waals surface area contributed by atoms with Gasteiger partial charge in [0, 0.05) is 37.4 Å². The molecule has 3 nitrogen and oxygen atoms in total. The number of anilines is 1. The Hall–Kier alpha value is -1.13. The second-order valence-corrected chi connectivity index (χ2v) is 8.09. The Balaban J connectivity index is 1.36. The highest BCUT2D eigenvalue weighted by Gasteiger charge is 2.48. The number of aryl methyl sites for hydroxylation is 1. The van der Waals surface area contributed by atoms with Crippen LogP contribution >= 0.6 is 12.2 Å². The summed E-state index contributed by atoms with van der Waals surface area (Å²) in [6.45, 7) is 2.12. The van der Waals surface area contributed by atoms with Crippen LogP contribution in [0.2, 0.25) is 0 Å². The van der Waals surface area contributed by atoms with Gasteiger partial charge in [-0.05, 0) is 50.0 Å². The third-order valence-electron chi connectivity index (χ3n) is 5.96. The molecule has 0 aromatic heterocycles. The quantitative estimate of drug-likeness (QED) is 0.744. The van der Waals surface area contributed by atoms with Crippen molar-refractivity contribution in [2.24, 2.45) is 0 Å². The first-order valence-electron chi connectivity index (χ1n) is 9.20. The Morgan fingerprint density at radius 1 is 1.04 bits per heavy atom. The number of para-hydroxylation sites is 1. The fraction of sp³-hybridized carbons (Fsp3) is 0.632. The van der Waals surface area contributed by atoms with Crippen molar-refractivity contribution < 1.29 is 4.90 Å². The summed E-state index contributed by atoms with van der Waals surface area (Å²) < 4.78 is 0. The van der Waals surface area contributed by atoms with Crippen molar-refractivity contribution in [2.75, 3.05) is 5.32 Å². The largest absolute Gasteiger partial charge is 0.359 e. The maximum atomic E-state index is 5.57. The monoisotopic (exact) mass is 330 g/mol. The Kier molecular flexibility index (Phi) is 4.29. The molecule has 1 aromatic carbocycles. The predicted octanol–water partition coefficient (Wildman–Crippen LogP) is 2.41. The van der Waals surface area contributed by atoms with Crippen molar-refractivity contribution in [1.82, 2.24) is 5.32 Å². The lowest BCUT2D eigenvalue weighted by atomic mass is 9.81. The molecule has 2 bridgehead atoms. The molecule has 2 heterocycles. The zero-order valence-electron chi connectivity index (χ0n) is 14.0. The number of nitrogens with one attached hydrogen (secondary N) is 3. The summed E-state index contributed by atoms with van der Waals surface area (Å²) in [5.74, 6) is 0. The third-order valence-corrected chi connectivity index (χ3v) is 6.18. The van der Waals surface area contributed by atoms with Crippen molar-refractivity contribution in [1.29, 1.82) is 0 Å². The molecule has 2 aliphatic heterocycles. The maximum Gasteiger partial charge on any atom is 0.171 e. The molecule has 0 amide bonds. The summed E-state index contributed by atoms with van der Waals surface area (Å²) in [7, 11) is 0. The van der Waals surface area contributed by atoms with Crippen molar-refractivity contribution >= 4 is 23.0 Å². The number of hydrogen-bond acceptors (Lipinski definition) is 1. The molecular weight excluding hydrogens is 302 g/mol. The Morgan fingerprint density at radius 3 is 2.39 bits per heavy atom. The lowest BCUT2D eigenvalue weighted by Crippen LogP contribution is -3.22. The molecule has 3 fully saturated rings. The Labute approximate surface area is 144 Å². The molecule has 3 N–H and O–H groups in total. The average molecular weight is 331 g/mol. The van der Waals surface area contributed by atoms with Crippen LogP contribution in [-0.4, -0.2) is 29.3 Å². The highest BCUT2D eigenvalue weighted by Crippen LogP contribution is 2.27. The molecule has 4 heteroatoms. The van der Waals surface area contributed by atoms with E-state index < -0.39 is 0 Å². The summed E-state index contributed by atoms with van der Waals surface area (Å²) in [5.41, 5.74) is 2.35. The van der Waals surface area contributed by atoms with Gasteiger partial charge in [0.05, 0.1) is 18.1 Å². The number of thiocarbonyl (C=S) groups is 1. The zero-order chi connectivity index (χ0) is 15.8. The number of fused-ring (bicyclic) bond motifs is 2. The molecule has 0 radical (unpaired) electrons. The van der Waals surface area contributed by atoms with Crippen molar-refractivity contribution in [2.45, 2.75) is 76.0 Å². The van der Waals surface area contributed by atoms with E-state index in [2.05, 4.69) is 41.8 Å². The van der Waals surface area contributed by atoms with E-state index in [1.165, 1.54) is 50.5 Å². The first-order chi connectivity index (χ1) is 11.2. The van der Waals surface area contributed by atoms with Gasteiger partial charge in [0.15, 0.2) is 5.11 Å². The van der Waals surface area contributed by atoms with Gasteiger partial charge in [-0.15, -0.1) is 0 Å². The first-order valence-corrected chi connectivity index (χ1v) is 9.61. The minimum Gasteiger partial charge on any atom is -0.359 e. The van der Waals surface area contributed by atoms with E-state index in [1.807, 2.05) is 4.90 Å². The normalized spacial score (nSPS) is 33.1. The van der Waals surface area contributed by atoms with E-state index in [0.717, 1.165) is 28.9 Å².